The lowest BCUT2D eigenvalue weighted by atomic mass is 9.96. The van der Waals surface area contributed by atoms with Gasteiger partial charge in [-0.15, -0.1) is 0 Å². The van der Waals surface area contributed by atoms with Crippen LogP contribution in [0.2, 0.25) is 0 Å². The third kappa shape index (κ3) is 7.72. The Morgan fingerprint density at radius 2 is 1.80 bits per heavy atom. The first-order chi connectivity index (χ1) is 20.5. The number of amides is 2. The van der Waals surface area contributed by atoms with Gasteiger partial charge in [0.15, 0.2) is 23.1 Å². The maximum Gasteiger partial charge on any atom is 0.435 e. The molecule has 10 nitrogen and oxygen atoms in total. The number of pyridine rings is 1. The second-order valence-electron chi connectivity index (χ2n) is 11.0. The number of alkyl halides is 3. The number of fused-ring (bicyclic) bond motifs is 1. The third-order valence-electron chi connectivity index (χ3n) is 6.43. The summed E-state index contributed by atoms with van der Waals surface area (Å²) in [5, 5.41) is 7.47. The maximum atomic E-state index is 14.5. The molecule has 1 aliphatic heterocycles. The van der Waals surface area contributed by atoms with Crippen molar-refractivity contribution in [1.82, 2.24) is 25.2 Å². The van der Waals surface area contributed by atoms with Gasteiger partial charge in [0.2, 0.25) is 5.82 Å². The number of imidazole rings is 1. The highest BCUT2D eigenvalue weighted by atomic mass is 19.4. The van der Waals surface area contributed by atoms with Gasteiger partial charge in [-0.3, -0.25) is 9.59 Å². The van der Waals surface area contributed by atoms with Crippen LogP contribution < -0.4 is 16.0 Å². The minimum Gasteiger partial charge on any atom is -0.444 e. The van der Waals surface area contributed by atoms with E-state index in [4.69, 9.17) is 4.74 Å². The van der Waals surface area contributed by atoms with Gasteiger partial charge in [-0.25, -0.2) is 27.9 Å². The van der Waals surface area contributed by atoms with E-state index in [0.717, 1.165) is 4.57 Å². The van der Waals surface area contributed by atoms with Gasteiger partial charge in [0, 0.05) is 37.8 Å². The van der Waals surface area contributed by atoms with Gasteiger partial charge < -0.3 is 25.3 Å². The number of ether oxygens (including phenoxy) is 1. The van der Waals surface area contributed by atoms with Crippen molar-refractivity contribution in [3.63, 3.8) is 0 Å². The van der Waals surface area contributed by atoms with Gasteiger partial charge >= 0.3 is 12.3 Å². The molecule has 16 heteroatoms. The molecule has 2 unspecified atom stereocenters. The maximum absolute atomic E-state index is 14.5. The second-order valence-corrected chi connectivity index (χ2v) is 11.0. The molecule has 3 aromatic rings. The van der Waals surface area contributed by atoms with Crippen LogP contribution in [-0.2, 0) is 28.7 Å². The number of hydrogen-bond acceptors (Lipinski definition) is 7. The molecule has 0 radical (unpaired) electrons. The molecule has 0 saturated carbocycles. The van der Waals surface area contributed by atoms with Crippen molar-refractivity contribution in [2.24, 2.45) is 0 Å². The fourth-order valence-corrected chi connectivity index (χ4v) is 4.66. The molecule has 0 spiro atoms. The van der Waals surface area contributed by atoms with Gasteiger partial charge in [-0.05, 0) is 51.0 Å². The number of hydrogen-bond donors (Lipinski definition) is 3. The summed E-state index contributed by atoms with van der Waals surface area (Å²) in [4.78, 5) is 46.8. The fraction of sp³-hybridized carbons (Fsp3) is 0.393. The molecule has 4 rings (SSSR count). The fourth-order valence-electron chi connectivity index (χ4n) is 4.66. The van der Waals surface area contributed by atoms with Crippen molar-refractivity contribution in [3.8, 4) is 0 Å². The van der Waals surface area contributed by atoms with E-state index in [0.29, 0.717) is 12.1 Å². The summed E-state index contributed by atoms with van der Waals surface area (Å²) in [5.41, 5.74) is -3.20. The van der Waals surface area contributed by atoms with Gasteiger partial charge in [0.1, 0.15) is 23.3 Å². The molecule has 2 aromatic heterocycles. The number of ketones is 1. The summed E-state index contributed by atoms with van der Waals surface area (Å²) in [5.74, 6) is -6.49. The summed E-state index contributed by atoms with van der Waals surface area (Å²) in [6, 6.07) is 2.67. The lowest BCUT2D eigenvalue weighted by Crippen LogP contribution is -2.45. The van der Waals surface area contributed by atoms with E-state index in [1.54, 1.807) is 26.8 Å². The number of aromatic nitrogens is 3. The number of halogens is 6. The lowest BCUT2D eigenvalue weighted by molar-refractivity contribution is -0.142. The average Bonchev–Trinajstić information content (AvgIpc) is 3.32. The topological polar surface area (TPSA) is 127 Å². The van der Waals surface area contributed by atoms with Crippen LogP contribution in [0.5, 0.6) is 0 Å². The predicted molar refractivity (Wildman–Crippen MR) is 143 cm³/mol. The van der Waals surface area contributed by atoms with E-state index < -0.39 is 89.2 Å². The SMILES string of the molecule is CC(C)(C)OC(=O)NC(CC(=O)C1CNCc2c(C(F)(F)F)nc(C(=O)Nc3ccccn3)n21)Cc1cc(F)c(F)cc1F. The van der Waals surface area contributed by atoms with Crippen molar-refractivity contribution in [3.05, 3.63) is 76.8 Å². The molecule has 1 aromatic carbocycles. The minimum absolute atomic E-state index is 0.0235. The number of Topliss-reactive ketones (excluding diaryl/α,β-unsaturated/α-hetero) is 1. The van der Waals surface area contributed by atoms with Crippen LogP contribution in [-0.4, -0.2) is 50.5 Å². The largest absolute Gasteiger partial charge is 0.444 e. The Labute approximate surface area is 247 Å². The molecule has 0 aliphatic carbocycles. The first-order valence-corrected chi connectivity index (χ1v) is 13.3. The Hall–Kier alpha value is -4.47. The monoisotopic (exact) mass is 626 g/mol. The summed E-state index contributed by atoms with van der Waals surface area (Å²) in [6.45, 7) is 4.09. The average molecular weight is 627 g/mol. The molecule has 44 heavy (non-hydrogen) atoms. The van der Waals surface area contributed by atoms with E-state index in [1.165, 1.54) is 18.3 Å². The first kappa shape index (κ1) is 32.4. The molecule has 2 atom stereocenters. The highest BCUT2D eigenvalue weighted by Gasteiger charge is 2.43. The van der Waals surface area contributed by atoms with Crippen LogP contribution >= 0.6 is 0 Å². The molecule has 236 valence electrons. The summed E-state index contributed by atoms with van der Waals surface area (Å²) >= 11 is 0. The van der Waals surface area contributed by atoms with Crippen molar-refractivity contribution < 1.29 is 45.5 Å². The molecule has 0 bridgehead atoms. The Morgan fingerprint density at radius 1 is 1.09 bits per heavy atom. The van der Waals surface area contributed by atoms with Gasteiger partial charge in [-0.1, -0.05) is 6.07 Å². The molecular formula is C28H28F6N6O4. The molecule has 2 amide bonds. The van der Waals surface area contributed by atoms with E-state index in [-0.39, 0.29) is 24.5 Å². The van der Waals surface area contributed by atoms with Crippen LogP contribution in [0, 0.1) is 17.5 Å². The molecule has 0 saturated heterocycles. The highest BCUT2D eigenvalue weighted by molar-refractivity contribution is 6.02. The quantitative estimate of drug-likeness (QED) is 0.244. The molecular weight excluding hydrogens is 598 g/mol. The first-order valence-electron chi connectivity index (χ1n) is 13.3. The summed E-state index contributed by atoms with van der Waals surface area (Å²) < 4.78 is 89.9. The van der Waals surface area contributed by atoms with Crippen LogP contribution in [0.4, 0.5) is 37.0 Å². The number of nitrogens with one attached hydrogen (secondary N) is 3. The second kappa shape index (κ2) is 12.6. The summed E-state index contributed by atoms with van der Waals surface area (Å²) in [7, 11) is 0. The standard InChI is InChI=1S/C28H28F6N6O4/c1-27(2,3)44-26(43)37-15(8-14-9-17(30)18(31)11-16(14)29)10-21(41)19-12-35-13-20-23(28(32,33)34)39-24(40(19)20)25(42)38-22-6-4-5-7-36-22/h4-7,9,11,15,19,35H,8,10,12-13H2,1-3H3,(H,37,43)(H,36,38,42). The van der Waals surface area contributed by atoms with Crippen LogP contribution in [0.1, 0.15) is 60.8 Å². The van der Waals surface area contributed by atoms with Crippen molar-refractivity contribution in [1.29, 1.82) is 0 Å². The van der Waals surface area contributed by atoms with Crippen LogP contribution in [0.15, 0.2) is 36.5 Å². The van der Waals surface area contributed by atoms with E-state index in [9.17, 15) is 40.7 Å². The lowest BCUT2D eigenvalue weighted by Gasteiger charge is -2.29. The smallest absolute Gasteiger partial charge is 0.435 e. The number of anilines is 1. The van der Waals surface area contributed by atoms with Gasteiger partial charge in [0.25, 0.3) is 5.91 Å². The summed E-state index contributed by atoms with van der Waals surface area (Å²) in [6.07, 6.45) is -5.77. The minimum atomic E-state index is -4.97. The Morgan fingerprint density at radius 3 is 2.43 bits per heavy atom. The molecule has 0 fully saturated rings. The number of carbonyl (C=O) groups excluding carboxylic acids is 3. The number of carbonyl (C=O) groups is 3. The Balaban J connectivity index is 1.68. The van der Waals surface area contributed by atoms with Gasteiger partial charge in [0.05, 0.1) is 5.69 Å². The van der Waals surface area contributed by atoms with Crippen molar-refractivity contribution >= 4 is 23.6 Å². The van der Waals surface area contributed by atoms with E-state index in [1.807, 2.05) is 0 Å². The van der Waals surface area contributed by atoms with Crippen LogP contribution in [0.3, 0.4) is 0 Å². The number of benzene rings is 1. The normalized spacial score (nSPS) is 15.7. The Bertz CT molecular complexity index is 1550. The third-order valence-corrected chi connectivity index (χ3v) is 6.43. The number of nitrogens with zero attached hydrogens (tertiary/aromatic N) is 3. The zero-order valence-electron chi connectivity index (χ0n) is 23.7. The van der Waals surface area contributed by atoms with E-state index >= 15 is 0 Å². The predicted octanol–water partition coefficient (Wildman–Crippen LogP) is 4.71. The molecule has 1 aliphatic rings. The van der Waals surface area contributed by atoms with Crippen LogP contribution in [0.25, 0.3) is 0 Å². The van der Waals surface area contributed by atoms with E-state index in [2.05, 4.69) is 25.9 Å². The van der Waals surface area contributed by atoms with Gasteiger partial charge in [-0.2, -0.15) is 13.2 Å². The Kier molecular flexibility index (Phi) is 9.32. The molecule has 3 heterocycles. The zero-order valence-corrected chi connectivity index (χ0v) is 23.7. The van der Waals surface area contributed by atoms with Crippen molar-refractivity contribution in [2.45, 2.75) is 64.0 Å². The number of rotatable bonds is 8. The number of alkyl carbamates (subject to hydrolysis) is 1. The zero-order chi connectivity index (χ0) is 32.4. The molecule has 3 N–H and O–H groups in total. The highest BCUT2D eigenvalue weighted by Crippen LogP contribution is 2.35. The van der Waals surface area contributed by atoms with Crippen molar-refractivity contribution in [2.75, 3.05) is 11.9 Å².